The van der Waals surface area contributed by atoms with Gasteiger partial charge in [-0.1, -0.05) is 41.9 Å². The smallest absolute Gasteiger partial charge is 0.283 e. The number of aryl methyl sites for hydroxylation is 2. The summed E-state index contributed by atoms with van der Waals surface area (Å²) in [5, 5.41) is 16.2. The Bertz CT molecular complexity index is 1480. The molecule has 2 aliphatic rings. The number of halogens is 1. The number of thioether (sulfide) groups is 1. The van der Waals surface area contributed by atoms with Crippen molar-refractivity contribution >= 4 is 51.4 Å². The van der Waals surface area contributed by atoms with Crippen LogP contribution in [0.1, 0.15) is 33.6 Å². The summed E-state index contributed by atoms with van der Waals surface area (Å²) in [6, 6.07) is 15.6. The maximum absolute atomic E-state index is 12.9. The van der Waals surface area contributed by atoms with Crippen molar-refractivity contribution in [2.45, 2.75) is 27.7 Å². The van der Waals surface area contributed by atoms with Gasteiger partial charge < -0.3 is 4.57 Å². The zero-order chi connectivity index (χ0) is 24.1. The first-order valence-corrected chi connectivity index (χ1v) is 12.0. The van der Waals surface area contributed by atoms with Gasteiger partial charge in [-0.25, -0.2) is 0 Å². The number of aliphatic imine (C=N–C) groups is 1. The first-order valence-electron chi connectivity index (χ1n) is 10.8. The highest BCUT2D eigenvalue weighted by molar-refractivity contribution is 8.27. The SMILES string of the molecule is Cc1cccc(-n2c(C)cc(/C=C3\C(=N)N4N=C(c5ccccc5Cl)SC4=NC3=O)c2C)c1C. The summed E-state index contributed by atoms with van der Waals surface area (Å²) in [5.41, 5.74) is 7.38. The van der Waals surface area contributed by atoms with Gasteiger partial charge in [0.05, 0.1) is 10.6 Å². The number of fused-ring (bicyclic) bond motifs is 1. The highest BCUT2D eigenvalue weighted by Crippen LogP contribution is 2.34. The number of aromatic nitrogens is 1. The van der Waals surface area contributed by atoms with Crippen LogP contribution in [0, 0.1) is 33.1 Å². The predicted octanol–water partition coefficient (Wildman–Crippen LogP) is 6.03. The number of hydrogen-bond donors (Lipinski definition) is 1. The number of benzene rings is 2. The van der Waals surface area contributed by atoms with Crippen LogP contribution < -0.4 is 0 Å². The summed E-state index contributed by atoms with van der Waals surface area (Å²) < 4.78 is 2.18. The number of carbonyl (C=O) groups excluding carboxylic acids is 1. The summed E-state index contributed by atoms with van der Waals surface area (Å²) >= 11 is 7.56. The second kappa shape index (κ2) is 8.42. The number of nitrogens with one attached hydrogen (secondary N) is 1. The standard InChI is InChI=1S/C26H22ClN5OS/c1-14-8-7-11-22(16(14)3)31-15(2)12-18(17(31)4)13-20-23(28)32-26(29-24(20)33)34-25(30-32)19-9-5-6-10-21(19)27/h5-13,28H,1-4H3/b20-13+,28-23?. The molecule has 1 amide bonds. The number of nitrogens with zero attached hydrogens (tertiary/aromatic N) is 4. The number of amidine groups is 2. The third-order valence-electron chi connectivity index (χ3n) is 6.15. The van der Waals surface area contributed by atoms with Gasteiger partial charge in [0.25, 0.3) is 5.91 Å². The van der Waals surface area contributed by atoms with Crippen molar-refractivity contribution in [1.82, 2.24) is 9.58 Å². The van der Waals surface area contributed by atoms with Crippen molar-refractivity contribution in [2.24, 2.45) is 10.1 Å². The minimum absolute atomic E-state index is 0.00101. The third-order valence-corrected chi connectivity index (χ3v) is 7.42. The third kappa shape index (κ3) is 3.61. The van der Waals surface area contributed by atoms with Gasteiger partial charge in [-0.2, -0.15) is 15.1 Å². The van der Waals surface area contributed by atoms with Crippen LogP contribution in [-0.2, 0) is 4.79 Å². The zero-order valence-corrected chi connectivity index (χ0v) is 20.8. The lowest BCUT2D eigenvalue weighted by Gasteiger charge is -2.20. The maximum atomic E-state index is 12.9. The number of hydrazone groups is 1. The fourth-order valence-electron chi connectivity index (χ4n) is 4.17. The van der Waals surface area contributed by atoms with Gasteiger partial charge in [0, 0.05) is 22.6 Å². The molecule has 34 heavy (non-hydrogen) atoms. The average Bonchev–Trinajstić information content (AvgIpc) is 3.34. The fourth-order valence-corrected chi connectivity index (χ4v) is 5.39. The Labute approximate surface area is 207 Å². The average molecular weight is 488 g/mol. The summed E-state index contributed by atoms with van der Waals surface area (Å²) in [6.45, 7) is 8.27. The molecular weight excluding hydrogens is 466 g/mol. The Balaban J connectivity index is 1.54. The largest absolute Gasteiger partial charge is 0.318 e. The van der Waals surface area contributed by atoms with Crippen LogP contribution in [-0.4, -0.2) is 31.5 Å². The molecular formula is C26H22ClN5OS. The summed E-state index contributed by atoms with van der Waals surface area (Å²) in [4.78, 5) is 17.1. The molecule has 3 aromatic rings. The van der Waals surface area contributed by atoms with Crippen LogP contribution in [0.5, 0.6) is 0 Å². The lowest BCUT2D eigenvalue weighted by Crippen LogP contribution is -2.35. The van der Waals surface area contributed by atoms with Gasteiger partial charge in [0.2, 0.25) is 5.17 Å². The van der Waals surface area contributed by atoms with Gasteiger partial charge in [-0.05, 0) is 80.4 Å². The van der Waals surface area contributed by atoms with Crippen molar-refractivity contribution < 1.29 is 4.79 Å². The van der Waals surface area contributed by atoms with E-state index < -0.39 is 5.91 Å². The predicted molar refractivity (Wildman–Crippen MR) is 140 cm³/mol. The van der Waals surface area contributed by atoms with E-state index in [9.17, 15) is 4.79 Å². The summed E-state index contributed by atoms with van der Waals surface area (Å²) in [6.07, 6.45) is 1.74. The van der Waals surface area contributed by atoms with Gasteiger partial charge in [0.1, 0.15) is 5.04 Å². The second-order valence-electron chi connectivity index (χ2n) is 8.29. The topological polar surface area (TPSA) is 73.8 Å². The molecule has 1 N–H and O–H groups in total. The number of rotatable bonds is 3. The molecule has 0 bridgehead atoms. The van der Waals surface area contributed by atoms with Crippen molar-refractivity contribution in [3.8, 4) is 5.69 Å². The van der Waals surface area contributed by atoms with Gasteiger partial charge in [0.15, 0.2) is 5.84 Å². The molecule has 0 radical (unpaired) electrons. The minimum Gasteiger partial charge on any atom is -0.318 e. The number of hydrogen-bond acceptors (Lipinski definition) is 4. The molecule has 0 fully saturated rings. The maximum Gasteiger partial charge on any atom is 0.283 e. The highest BCUT2D eigenvalue weighted by Gasteiger charge is 2.36. The Morgan fingerprint density at radius 3 is 2.59 bits per heavy atom. The lowest BCUT2D eigenvalue weighted by molar-refractivity contribution is -0.114. The fraction of sp³-hybridized carbons (Fsp3) is 0.154. The van der Waals surface area contributed by atoms with E-state index >= 15 is 0 Å². The van der Waals surface area contributed by atoms with Crippen LogP contribution in [0.3, 0.4) is 0 Å². The molecule has 0 saturated heterocycles. The first-order chi connectivity index (χ1) is 16.3. The van der Waals surface area contributed by atoms with Crippen molar-refractivity contribution in [1.29, 1.82) is 5.41 Å². The minimum atomic E-state index is -0.448. The van der Waals surface area contributed by atoms with E-state index in [0.717, 1.165) is 28.2 Å². The second-order valence-corrected chi connectivity index (χ2v) is 9.65. The molecule has 0 atom stereocenters. The molecule has 5 rings (SSSR count). The Morgan fingerprint density at radius 2 is 1.82 bits per heavy atom. The normalized spacial score (nSPS) is 16.7. The molecule has 8 heteroatoms. The molecule has 0 saturated carbocycles. The highest BCUT2D eigenvalue weighted by atomic mass is 35.5. The number of carbonyl (C=O) groups is 1. The molecule has 0 aliphatic carbocycles. The molecule has 2 aromatic carbocycles. The molecule has 0 unspecified atom stereocenters. The quantitative estimate of drug-likeness (QED) is 0.458. The molecule has 6 nitrogen and oxygen atoms in total. The molecule has 2 aliphatic heterocycles. The van der Waals surface area contributed by atoms with E-state index in [4.69, 9.17) is 17.0 Å². The van der Waals surface area contributed by atoms with Crippen molar-refractivity contribution in [3.05, 3.63) is 92.8 Å². The van der Waals surface area contributed by atoms with E-state index in [1.54, 1.807) is 12.1 Å². The van der Waals surface area contributed by atoms with Crippen LogP contribution in [0.25, 0.3) is 11.8 Å². The van der Waals surface area contributed by atoms with Gasteiger partial charge in [-0.15, -0.1) is 0 Å². The van der Waals surface area contributed by atoms with Crippen LogP contribution in [0.2, 0.25) is 5.02 Å². The Kier molecular flexibility index (Phi) is 5.54. The van der Waals surface area contributed by atoms with E-state index in [2.05, 4.69) is 40.6 Å². The summed E-state index contributed by atoms with van der Waals surface area (Å²) in [5.74, 6) is -0.447. The number of amides is 1. The van der Waals surface area contributed by atoms with E-state index in [1.807, 2.05) is 44.2 Å². The monoisotopic (exact) mass is 487 g/mol. The van der Waals surface area contributed by atoms with Crippen LogP contribution in [0.4, 0.5) is 0 Å². The van der Waals surface area contributed by atoms with Gasteiger partial charge >= 0.3 is 0 Å². The lowest BCUT2D eigenvalue weighted by atomic mass is 10.1. The Hall–Kier alpha value is -3.42. The molecule has 0 spiro atoms. The molecule has 3 heterocycles. The Morgan fingerprint density at radius 1 is 1.06 bits per heavy atom. The van der Waals surface area contributed by atoms with Crippen molar-refractivity contribution in [2.75, 3.05) is 0 Å². The molecule has 1 aromatic heterocycles. The van der Waals surface area contributed by atoms with Crippen LogP contribution in [0.15, 0.2) is 64.2 Å². The molecule has 170 valence electrons. The van der Waals surface area contributed by atoms with Gasteiger partial charge in [-0.3, -0.25) is 10.2 Å². The van der Waals surface area contributed by atoms with Crippen LogP contribution >= 0.6 is 23.4 Å². The van der Waals surface area contributed by atoms with E-state index in [1.165, 1.54) is 27.9 Å². The van der Waals surface area contributed by atoms with E-state index in [0.29, 0.717) is 15.2 Å². The van der Waals surface area contributed by atoms with Crippen molar-refractivity contribution in [3.63, 3.8) is 0 Å². The zero-order valence-electron chi connectivity index (χ0n) is 19.2. The summed E-state index contributed by atoms with van der Waals surface area (Å²) in [7, 11) is 0. The van der Waals surface area contributed by atoms with E-state index in [-0.39, 0.29) is 11.4 Å². The first kappa shape index (κ1) is 22.4.